The number of rotatable bonds is 2. The van der Waals surface area contributed by atoms with Gasteiger partial charge in [-0.15, -0.1) is 0 Å². The molecular formula is C13H19ClN2. The first-order valence-electron chi connectivity index (χ1n) is 6.04. The number of pyridine rings is 1. The Bertz CT molecular complexity index is 344. The fourth-order valence-corrected chi connectivity index (χ4v) is 2.53. The lowest BCUT2D eigenvalue weighted by Gasteiger charge is -2.34. The van der Waals surface area contributed by atoms with Crippen LogP contribution in [0.5, 0.6) is 0 Å². The molecule has 0 radical (unpaired) electrons. The summed E-state index contributed by atoms with van der Waals surface area (Å²) in [7, 11) is 0. The molecule has 0 saturated carbocycles. The molecule has 1 saturated heterocycles. The first-order valence-corrected chi connectivity index (χ1v) is 6.42. The van der Waals surface area contributed by atoms with E-state index < -0.39 is 0 Å². The summed E-state index contributed by atoms with van der Waals surface area (Å²) in [5.74, 6) is 2.69. The van der Waals surface area contributed by atoms with Gasteiger partial charge in [0.25, 0.3) is 0 Å². The maximum atomic E-state index is 5.91. The normalized spacial score (nSPS) is 18.1. The van der Waals surface area contributed by atoms with Crippen LogP contribution in [0.4, 0.5) is 5.82 Å². The minimum Gasteiger partial charge on any atom is -0.357 e. The molecular weight excluding hydrogens is 220 g/mol. The lowest BCUT2D eigenvalue weighted by atomic mass is 9.87. The van der Waals surface area contributed by atoms with Crippen LogP contribution in [0.2, 0.25) is 5.15 Å². The molecule has 0 unspecified atom stereocenters. The van der Waals surface area contributed by atoms with Crippen molar-refractivity contribution in [1.82, 2.24) is 4.98 Å². The topological polar surface area (TPSA) is 16.1 Å². The highest BCUT2D eigenvalue weighted by Gasteiger charge is 2.22. The summed E-state index contributed by atoms with van der Waals surface area (Å²) in [5, 5.41) is 0.587. The summed E-state index contributed by atoms with van der Waals surface area (Å²) in [6.45, 7) is 6.85. The average Bonchev–Trinajstić information content (AvgIpc) is 2.29. The molecule has 0 N–H and O–H groups in total. The molecule has 0 bridgehead atoms. The van der Waals surface area contributed by atoms with Gasteiger partial charge in [0.1, 0.15) is 11.0 Å². The van der Waals surface area contributed by atoms with E-state index in [1.54, 1.807) is 0 Å². The van der Waals surface area contributed by atoms with Gasteiger partial charge in [-0.1, -0.05) is 31.5 Å². The quantitative estimate of drug-likeness (QED) is 0.732. The molecule has 0 aromatic carbocycles. The Kier molecular flexibility index (Phi) is 3.70. The molecule has 1 aliphatic heterocycles. The fraction of sp³-hybridized carbons (Fsp3) is 0.615. The average molecular weight is 239 g/mol. The zero-order chi connectivity index (χ0) is 11.5. The number of anilines is 1. The van der Waals surface area contributed by atoms with Gasteiger partial charge in [0.05, 0.1) is 0 Å². The number of hydrogen-bond acceptors (Lipinski definition) is 2. The summed E-state index contributed by atoms with van der Waals surface area (Å²) in [6, 6.07) is 5.84. The van der Waals surface area contributed by atoms with Gasteiger partial charge < -0.3 is 4.90 Å². The van der Waals surface area contributed by atoms with Gasteiger partial charge in [0.15, 0.2) is 0 Å². The van der Waals surface area contributed by atoms with Crippen LogP contribution in [0.1, 0.15) is 26.7 Å². The Hall–Kier alpha value is -0.760. The second-order valence-corrected chi connectivity index (χ2v) is 5.27. The smallest absolute Gasteiger partial charge is 0.131 e. The Balaban J connectivity index is 1.99. The van der Waals surface area contributed by atoms with Crippen molar-refractivity contribution in [3.63, 3.8) is 0 Å². The lowest BCUT2D eigenvalue weighted by molar-refractivity contribution is 0.310. The van der Waals surface area contributed by atoms with Gasteiger partial charge in [-0.2, -0.15) is 0 Å². The third-order valence-corrected chi connectivity index (χ3v) is 3.72. The van der Waals surface area contributed by atoms with Gasteiger partial charge in [-0.05, 0) is 36.8 Å². The van der Waals surface area contributed by atoms with Gasteiger partial charge >= 0.3 is 0 Å². The summed E-state index contributed by atoms with van der Waals surface area (Å²) in [5.41, 5.74) is 0. The summed E-state index contributed by atoms with van der Waals surface area (Å²) in [6.07, 6.45) is 2.54. The molecule has 2 nitrogen and oxygen atoms in total. The molecule has 2 heterocycles. The van der Waals surface area contributed by atoms with Crippen LogP contribution >= 0.6 is 11.6 Å². The van der Waals surface area contributed by atoms with Crippen molar-refractivity contribution in [3.05, 3.63) is 23.4 Å². The minimum absolute atomic E-state index is 0.587. The number of halogens is 1. The monoisotopic (exact) mass is 238 g/mol. The number of piperidine rings is 1. The Morgan fingerprint density at radius 1 is 1.31 bits per heavy atom. The zero-order valence-corrected chi connectivity index (χ0v) is 10.7. The van der Waals surface area contributed by atoms with Crippen molar-refractivity contribution in [2.24, 2.45) is 11.8 Å². The van der Waals surface area contributed by atoms with Gasteiger partial charge in [-0.25, -0.2) is 4.98 Å². The first-order chi connectivity index (χ1) is 7.66. The van der Waals surface area contributed by atoms with Crippen molar-refractivity contribution >= 4 is 17.4 Å². The van der Waals surface area contributed by atoms with Crippen molar-refractivity contribution < 1.29 is 0 Å². The number of aromatic nitrogens is 1. The van der Waals surface area contributed by atoms with Crippen LogP contribution in [0, 0.1) is 11.8 Å². The van der Waals surface area contributed by atoms with E-state index in [0.717, 1.165) is 30.7 Å². The van der Waals surface area contributed by atoms with Crippen molar-refractivity contribution in [3.8, 4) is 0 Å². The summed E-state index contributed by atoms with van der Waals surface area (Å²) >= 11 is 5.91. The van der Waals surface area contributed by atoms with Crippen LogP contribution < -0.4 is 4.90 Å². The van der Waals surface area contributed by atoms with E-state index in [4.69, 9.17) is 11.6 Å². The maximum absolute atomic E-state index is 5.91. The van der Waals surface area contributed by atoms with Crippen molar-refractivity contribution in [2.45, 2.75) is 26.7 Å². The minimum atomic E-state index is 0.587. The molecule has 88 valence electrons. The van der Waals surface area contributed by atoms with Crippen molar-refractivity contribution in [1.29, 1.82) is 0 Å². The summed E-state index contributed by atoms with van der Waals surface area (Å²) in [4.78, 5) is 6.70. The van der Waals surface area contributed by atoms with Crippen molar-refractivity contribution in [2.75, 3.05) is 18.0 Å². The highest BCUT2D eigenvalue weighted by atomic mass is 35.5. The van der Waals surface area contributed by atoms with E-state index in [-0.39, 0.29) is 0 Å². The van der Waals surface area contributed by atoms with Crippen LogP contribution in [-0.2, 0) is 0 Å². The van der Waals surface area contributed by atoms with Crippen LogP contribution in [0.3, 0.4) is 0 Å². The largest absolute Gasteiger partial charge is 0.357 e. The molecule has 1 aromatic heterocycles. The maximum Gasteiger partial charge on any atom is 0.131 e. The predicted molar refractivity (Wildman–Crippen MR) is 69.0 cm³/mol. The van der Waals surface area contributed by atoms with E-state index in [0.29, 0.717) is 5.15 Å². The molecule has 1 aromatic rings. The molecule has 0 amide bonds. The van der Waals surface area contributed by atoms with E-state index in [9.17, 15) is 0 Å². The molecule has 3 heteroatoms. The molecule has 0 atom stereocenters. The lowest BCUT2D eigenvalue weighted by Crippen LogP contribution is -2.35. The standard InChI is InChI=1S/C13H19ClN2/c1-10(2)11-6-8-16(9-7-11)13-5-3-4-12(14)15-13/h3-5,10-11H,6-9H2,1-2H3. The predicted octanol–water partition coefficient (Wildman–Crippen LogP) is 3.61. The van der Waals surface area contributed by atoms with E-state index in [1.165, 1.54) is 12.8 Å². The Morgan fingerprint density at radius 3 is 2.56 bits per heavy atom. The molecule has 0 spiro atoms. The highest BCUT2D eigenvalue weighted by molar-refractivity contribution is 6.29. The van der Waals surface area contributed by atoms with E-state index in [2.05, 4.69) is 23.7 Å². The first kappa shape index (κ1) is 11.7. The second kappa shape index (κ2) is 5.05. The van der Waals surface area contributed by atoms with Gasteiger partial charge in [0, 0.05) is 13.1 Å². The van der Waals surface area contributed by atoms with Gasteiger partial charge in [0.2, 0.25) is 0 Å². The molecule has 2 rings (SSSR count). The molecule has 16 heavy (non-hydrogen) atoms. The van der Waals surface area contributed by atoms with E-state index in [1.807, 2.05) is 18.2 Å². The Labute approximate surface area is 103 Å². The third kappa shape index (κ3) is 2.67. The van der Waals surface area contributed by atoms with E-state index >= 15 is 0 Å². The fourth-order valence-electron chi connectivity index (χ4n) is 2.37. The second-order valence-electron chi connectivity index (χ2n) is 4.89. The SMILES string of the molecule is CC(C)C1CCN(c2cccc(Cl)n2)CC1. The van der Waals surface area contributed by atoms with Crippen LogP contribution in [-0.4, -0.2) is 18.1 Å². The molecule has 1 fully saturated rings. The highest BCUT2D eigenvalue weighted by Crippen LogP contribution is 2.27. The third-order valence-electron chi connectivity index (χ3n) is 3.51. The number of nitrogens with zero attached hydrogens (tertiary/aromatic N) is 2. The molecule has 1 aliphatic rings. The zero-order valence-electron chi connectivity index (χ0n) is 9.99. The van der Waals surface area contributed by atoms with Crippen LogP contribution in [0.25, 0.3) is 0 Å². The molecule has 0 aliphatic carbocycles. The summed E-state index contributed by atoms with van der Waals surface area (Å²) < 4.78 is 0. The number of hydrogen-bond donors (Lipinski definition) is 0. The Morgan fingerprint density at radius 2 is 2.00 bits per heavy atom. The van der Waals surface area contributed by atoms with Gasteiger partial charge in [-0.3, -0.25) is 0 Å². The van der Waals surface area contributed by atoms with Crippen LogP contribution in [0.15, 0.2) is 18.2 Å².